The van der Waals surface area contributed by atoms with E-state index in [1.807, 2.05) is 13.0 Å². The molecule has 3 aromatic rings. The fraction of sp³-hybridized carbons (Fsp3) is 0.381. The van der Waals surface area contributed by atoms with Crippen molar-refractivity contribution in [3.8, 4) is 0 Å². The van der Waals surface area contributed by atoms with Crippen LogP contribution < -0.4 is 16.0 Å². The summed E-state index contributed by atoms with van der Waals surface area (Å²) in [4.78, 5) is 8.85. The van der Waals surface area contributed by atoms with E-state index in [2.05, 4.69) is 62.1 Å². The summed E-state index contributed by atoms with van der Waals surface area (Å²) in [7, 11) is 0. The summed E-state index contributed by atoms with van der Waals surface area (Å²) < 4.78 is 0. The van der Waals surface area contributed by atoms with Gasteiger partial charge < -0.3 is 16.0 Å². The second-order valence-corrected chi connectivity index (χ2v) is 8.01. The SMILES string of the molecule is Cc1cc(Nc2nc(Nc3cc(C)c(C4CCCCN4)cc3C)ncc2Cl)n[nH]1. The number of aromatic amines is 1. The second-order valence-electron chi connectivity index (χ2n) is 7.60. The highest BCUT2D eigenvalue weighted by Gasteiger charge is 2.18. The van der Waals surface area contributed by atoms with Crippen molar-refractivity contribution in [1.82, 2.24) is 25.5 Å². The third-order valence-electron chi connectivity index (χ3n) is 5.24. The minimum atomic E-state index is 0.433. The van der Waals surface area contributed by atoms with E-state index < -0.39 is 0 Å². The van der Waals surface area contributed by atoms with Gasteiger partial charge in [-0.3, -0.25) is 5.10 Å². The van der Waals surface area contributed by atoms with Crippen molar-refractivity contribution in [3.05, 3.63) is 51.8 Å². The first-order chi connectivity index (χ1) is 14.0. The van der Waals surface area contributed by atoms with Gasteiger partial charge in [-0.1, -0.05) is 24.1 Å². The van der Waals surface area contributed by atoms with Crippen LogP contribution in [-0.4, -0.2) is 26.7 Å². The van der Waals surface area contributed by atoms with Gasteiger partial charge in [-0.15, -0.1) is 0 Å². The van der Waals surface area contributed by atoms with Gasteiger partial charge in [-0.2, -0.15) is 10.1 Å². The van der Waals surface area contributed by atoms with E-state index in [0.29, 0.717) is 28.6 Å². The highest BCUT2D eigenvalue weighted by Crippen LogP contribution is 2.31. The number of hydrogen-bond acceptors (Lipinski definition) is 6. The van der Waals surface area contributed by atoms with Crippen LogP contribution in [0, 0.1) is 20.8 Å². The third-order valence-corrected chi connectivity index (χ3v) is 5.52. The highest BCUT2D eigenvalue weighted by atomic mass is 35.5. The Morgan fingerprint density at radius 1 is 1.07 bits per heavy atom. The largest absolute Gasteiger partial charge is 0.324 e. The number of aryl methyl sites for hydroxylation is 3. The van der Waals surface area contributed by atoms with Gasteiger partial charge in [-0.25, -0.2) is 4.98 Å². The highest BCUT2D eigenvalue weighted by molar-refractivity contribution is 6.32. The first-order valence-corrected chi connectivity index (χ1v) is 10.3. The summed E-state index contributed by atoms with van der Waals surface area (Å²) >= 11 is 6.26. The molecule has 1 atom stereocenters. The maximum atomic E-state index is 6.26. The lowest BCUT2D eigenvalue weighted by molar-refractivity contribution is 0.411. The van der Waals surface area contributed by atoms with Crippen molar-refractivity contribution in [2.24, 2.45) is 0 Å². The van der Waals surface area contributed by atoms with Crippen LogP contribution in [0.25, 0.3) is 0 Å². The van der Waals surface area contributed by atoms with Crippen LogP contribution >= 0.6 is 11.6 Å². The number of rotatable bonds is 5. The maximum absolute atomic E-state index is 6.26. The van der Waals surface area contributed by atoms with Crippen molar-refractivity contribution < 1.29 is 0 Å². The van der Waals surface area contributed by atoms with Crippen molar-refractivity contribution >= 4 is 34.9 Å². The molecule has 0 radical (unpaired) electrons. The standard InChI is InChI=1S/C21H26ClN7/c1-12-9-18(13(2)8-15(12)17-6-4-5-7-23-17)25-21-24-11-16(22)20(27-21)26-19-10-14(3)28-29-19/h8-11,17,23H,4-7H2,1-3H3,(H3,24,25,26,27,28,29). The summed E-state index contributed by atoms with van der Waals surface area (Å²) in [5.74, 6) is 1.65. The topological polar surface area (TPSA) is 90.6 Å². The fourth-order valence-corrected chi connectivity index (χ4v) is 3.84. The van der Waals surface area contributed by atoms with Crippen LogP contribution in [0.2, 0.25) is 5.02 Å². The predicted molar refractivity (Wildman–Crippen MR) is 117 cm³/mol. The summed E-state index contributed by atoms with van der Waals surface area (Å²) in [6.07, 6.45) is 5.31. The molecule has 1 aliphatic rings. The molecular weight excluding hydrogens is 386 g/mol. The lowest BCUT2D eigenvalue weighted by Crippen LogP contribution is -2.27. The number of H-pyrrole nitrogens is 1. The molecule has 0 bridgehead atoms. The third kappa shape index (κ3) is 4.52. The molecule has 1 fully saturated rings. The zero-order chi connectivity index (χ0) is 20.4. The fourth-order valence-electron chi connectivity index (χ4n) is 3.70. The Morgan fingerprint density at radius 3 is 2.66 bits per heavy atom. The molecule has 1 saturated heterocycles. The molecule has 0 saturated carbocycles. The Hall–Kier alpha value is -2.64. The van der Waals surface area contributed by atoms with E-state index >= 15 is 0 Å². The Morgan fingerprint density at radius 2 is 1.93 bits per heavy atom. The number of aromatic nitrogens is 4. The number of anilines is 4. The van der Waals surface area contributed by atoms with Gasteiger partial charge in [-0.05, 0) is 62.9 Å². The van der Waals surface area contributed by atoms with Crippen molar-refractivity contribution in [3.63, 3.8) is 0 Å². The molecular formula is C21H26ClN7. The van der Waals surface area contributed by atoms with E-state index in [1.54, 1.807) is 6.20 Å². The monoisotopic (exact) mass is 411 g/mol. The van der Waals surface area contributed by atoms with Gasteiger partial charge in [0.2, 0.25) is 5.95 Å². The molecule has 4 N–H and O–H groups in total. The molecule has 4 rings (SSSR count). The Bertz CT molecular complexity index is 1010. The first-order valence-electron chi connectivity index (χ1n) is 9.93. The van der Waals surface area contributed by atoms with Crippen LogP contribution in [0.3, 0.4) is 0 Å². The minimum Gasteiger partial charge on any atom is -0.324 e. The predicted octanol–water partition coefficient (Wildman–Crippen LogP) is 5.08. The average Bonchev–Trinajstić information content (AvgIpc) is 3.12. The zero-order valence-electron chi connectivity index (χ0n) is 16.9. The summed E-state index contributed by atoms with van der Waals surface area (Å²) in [6, 6.07) is 6.76. The molecule has 2 aromatic heterocycles. The molecule has 3 heterocycles. The van der Waals surface area contributed by atoms with Crippen LogP contribution in [0.4, 0.5) is 23.3 Å². The number of halogens is 1. The second kappa shape index (κ2) is 8.39. The van der Waals surface area contributed by atoms with Crippen LogP contribution in [0.5, 0.6) is 0 Å². The van der Waals surface area contributed by atoms with Gasteiger partial charge >= 0.3 is 0 Å². The molecule has 29 heavy (non-hydrogen) atoms. The minimum absolute atomic E-state index is 0.433. The average molecular weight is 412 g/mol. The lowest BCUT2D eigenvalue weighted by atomic mass is 9.92. The van der Waals surface area contributed by atoms with E-state index in [-0.39, 0.29) is 0 Å². The van der Waals surface area contributed by atoms with Gasteiger partial charge in [0.15, 0.2) is 11.6 Å². The number of nitrogens with zero attached hydrogens (tertiary/aromatic N) is 3. The normalized spacial score (nSPS) is 16.6. The Balaban J connectivity index is 1.55. The number of benzene rings is 1. The van der Waals surface area contributed by atoms with Crippen molar-refractivity contribution in [2.75, 3.05) is 17.2 Å². The summed E-state index contributed by atoms with van der Waals surface area (Å²) in [6.45, 7) is 7.29. The van der Waals surface area contributed by atoms with Gasteiger partial charge in [0.1, 0.15) is 5.02 Å². The summed E-state index contributed by atoms with van der Waals surface area (Å²) in [5, 5.41) is 17.6. The molecule has 0 aliphatic carbocycles. The lowest BCUT2D eigenvalue weighted by Gasteiger charge is -2.26. The number of nitrogens with one attached hydrogen (secondary N) is 4. The quantitative estimate of drug-likeness (QED) is 0.468. The van der Waals surface area contributed by atoms with Crippen LogP contribution in [0.1, 0.15) is 47.7 Å². The van der Waals surface area contributed by atoms with Crippen molar-refractivity contribution in [2.45, 2.75) is 46.1 Å². The molecule has 8 heteroatoms. The molecule has 152 valence electrons. The van der Waals surface area contributed by atoms with Crippen molar-refractivity contribution in [1.29, 1.82) is 0 Å². The zero-order valence-corrected chi connectivity index (χ0v) is 17.7. The van der Waals surface area contributed by atoms with Crippen LogP contribution in [0.15, 0.2) is 24.4 Å². The van der Waals surface area contributed by atoms with Gasteiger partial charge in [0.25, 0.3) is 0 Å². The number of hydrogen-bond donors (Lipinski definition) is 4. The first kappa shape index (κ1) is 19.7. The molecule has 1 unspecified atom stereocenters. The Labute approximate surface area is 175 Å². The number of piperidine rings is 1. The molecule has 1 aromatic carbocycles. The molecule has 0 amide bonds. The smallest absolute Gasteiger partial charge is 0.229 e. The van der Waals surface area contributed by atoms with E-state index in [4.69, 9.17) is 11.6 Å². The molecule has 0 spiro atoms. The van der Waals surface area contributed by atoms with E-state index in [1.165, 1.54) is 30.4 Å². The maximum Gasteiger partial charge on any atom is 0.229 e. The molecule has 1 aliphatic heterocycles. The van der Waals surface area contributed by atoms with E-state index in [9.17, 15) is 0 Å². The molecule has 7 nitrogen and oxygen atoms in total. The summed E-state index contributed by atoms with van der Waals surface area (Å²) in [5.41, 5.74) is 5.74. The van der Waals surface area contributed by atoms with Crippen LogP contribution in [-0.2, 0) is 0 Å². The van der Waals surface area contributed by atoms with Gasteiger partial charge in [0.05, 0.1) is 6.20 Å². The Kier molecular flexibility index (Phi) is 5.69. The van der Waals surface area contributed by atoms with E-state index in [0.717, 1.165) is 23.5 Å². The van der Waals surface area contributed by atoms with Gasteiger partial charge in [0, 0.05) is 23.5 Å².